The Morgan fingerprint density at radius 3 is 2.39 bits per heavy atom. The molecule has 4 aromatic carbocycles. The fraction of sp³-hybridized carbons (Fsp3) is 0.360. The predicted molar refractivity (Wildman–Crippen MR) is 251 cm³/mol. The number of imide groups is 1. The number of carboxylic acids is 1. The fourth-order valence-corrected chi connectivity index (χ4v) is 9.65. The number of carbonyl (C=O) groups excluding carboxylic acids is 4. The van der Waals surface area contributed by atoms with Crippen LogP contribution in [0.3, 0.4) is 0 Å². The van der Waals surface area contributed by atoms with Gasteiger partial charge < -0.3 is 29.4 Å². The molecular weight excluding hydrogens is 881 g/mol. The van der Waals surface area contributed by atoms with E-state index >= 15 is 0 Å². The van der Waals surface area contributed by atoms with Crippen LogP contribution >= 0.6 is 11.6 Å². The Bertz CT molecular complexity index is 2920. The number of rotatable bonds is 16. The molecule has 350 valence electrons. The quantitative estimate of drug-likeness (QED) is 0.0705. The molecule has 8 rings (SSSR count). The van der Waals surface area contributed by atoms with Crippen LogP contribution < -0.4 is 20.1 Å². The van der Waals surface area contributed by atoms with Crippen molar-refractivity contribution < 1.29 is 42.9 Å². The normalized spacial score (nSPS) is 15.6. The molecular formula is C50H53ClFN7O8. The summed E-state index contributed by atoms with van der Waals surface area (Å²) in [5.74, 6) is -1.98. The van der Waals surface area contributed by atoms with Crippen molar-refractivity contribution in [3.63, 3.8) is 0 Å². The van der Waals surface area contributed by atoms with E-state index < -0.39 is 23.8 Å². The third-order valence-corrected chi connectivity index (χ3v) is 13.2. The van der Waals surface area contributed by atoms with Gasteiger partial charge in [0.1, 0.15) is 29.1 Å². The maximum Gasteiger partial charge on any atom is 0.352 e. The summed E-state index contributed by atoms with van der Waals surface area (Å²) in [6.07, 6.45) is 1.68. The number of carboxylic acid groups (broad SMARTS) is 1. The zero-order valence-corrected chi connectivity index (χ0v) is 38.7. The van der Waals surface area contributed by atoms with Crippen LogP contribution in [-0.2, 0) is 40.8 Å². The Balaban J connectivity index is 0.963. The van der Waals surface area contributed by atoms with Crippen LogP contribution in [0.15, 0.2) is 66.7 Å². The minimum Gasteiger partial charge on any atom is -0.493 e. The largest absolute Gasteiger partial charge is 0.493 e. The first-order valence-electron chi connectivity index (χ1n) is 22.5. The summed E-state index contributed by atoms with van der Waals surface area (Å²) >= 11 is 7.06. The summed E-state index contributed by atoms with van der Waals surface area (Å²) in [6.45, 7) is 8.58. The Morgan fingerprint density at radius 2 is 1.67 bits per heavy atom. The van der Waals surface area contributed by atoms with Crippen molar-refractivity contribution in [2.24, 2.45) is 7.05 Å². The minimum absolute atomic E-state index is 0.133. The van der Waals surface area contributed by atoms with Gasteiger partial charge in [0.15, 0.2) is 6.61 Å². The van der Waals surface area contributed by atoms with Gasteiger partial charge in [0.2, 0.25) is 11.8 Å². The maximum atomic E-state index is 13.9. The molecule has 1 atom stereocenters. The van der Waals surface area contributed by atoms with E-state index in [1.54, 1.807) is 33.8 Å². The number of amides is 4. The molecule has 2 fully saturated rings. The lowest BCUT2D eigenvalue weighted by molar-refractivity contribution is -0.136. The highest BCUT2D eigenvalue weighted by Crippen LogP contribution is 2.42. The maximum absolute atomic E-state index is 13.9. The van der Waals surface area contributed by atoms with Gasteiger partial charge in [-0.2, -0.15) is 5.10 Å². The van der Waals surface area contributed by atoms with Gasteiger partial charge in [0.25, 0.3) is 11.8 Å². The molecule has 0 saturated carbocycles. The molecule has 0 spiro atoms. The molecule has 2 aromatic heterocycles. The topological polar surface area (TPSA) is 177 Å². The van der Waals surface area contributed by atoms with E-state index in [-0.39, 0.29) is 42.8 Å². The Morgan fingerprint density at radius 1 is 0.925 bits per heavy atom. The number of aryl methyl sites for hydroxylation is 3. The summed E-state index contributed by atoms with van der Waals surface area (Å²) in [5.41, 5.74) is 5.70. The number of halogens is 2. The number of fused-ring (bicyclic) bond motifs is 2. The number of piperidine rings is 1. The average Bonchev–Trinajstić information content (AvgIpc) is 3.76. The van der Waals surface area contributed by atoms with E-state index in [9.17, 15) is 33.5 Å². The molecule has 67 heavy (non-hydrogen) atoms. The second-order valence-electron chi connectivity index (χ2n) is 17.0. The van der Waals surface area contributed by atoms with Crippen molar-refractivity contribution in [3.8, 4) is 22.6 Å². The number of benzene rings is 4. The van der Waals surface area contributed by atoms with E-state index in [1.807, 2.05) is 62.7 Å². The van der Waals surface area contributed by atoms with E-state index in [0.717, 1.165) is 38.7 Å². The summed E-state index contributed by atoms with van der Waals surface area (Å²) in [7, 11) is 1.87. The molecule has 0 aliphatic carbocycles. The van der Waals surface area contributed by atoms with Crippen LogP contribution in [0.5, 0.6) is 11.5 Å². The first kappa shape index (κ1) is 46.7. The van der Waals surface area contributed by atoms with Gasteiger partial charge in [-0.15, -0.1) is 0 Å². The lowest BCUT2D eigenvalue weighted by atomic mass is 9.98. The van der Waals surface area contributed by atoms with Gasteiger partial charge in [-0.25, -0.2) is 9.18 Å². The summed E-state index contributed by atoms with van der Waals surface area (Å²) in [4.78, 5) is 67.9. The number of nitrogens with zero attached hydrogens (tertiary/aromatic N) is 5. The average molecular weight is 934 g/mol. The van der Waals surface area contributed by atoms with Crippen LogP contribution in [0.25, 0.3) is 32.8 Å². The van der Waals surface area contributed by atoms with Crippen molar-refractivity contribution in [2.45, 2.75) is 65.5 Å². The van der Waals surface area contributed by atoms with Gasteiger partial charge in [-0.3, -0.25) is 34.1 Å². The number of carbonyl (C=O) groups is 5. The minimum atomic E-state index is -1.06. The van der Waals surface area contributed by atoms with Crippen LogP contribution in [0.1, 0.15) is 69.5 Å². The van der Waals surface area contributed by atoms with Crippen molar-refractivity contribution in [1.82, 2.24) is 34.8 Å². The zero-order valence-electron chi connectivity index (χ0n) is 37.9. The van der Waals surface area contributed by atoms with Crippen molar-refractivity contribution in [1.29, 1.82) is 0 Å². The highest BCUT2D eigenvalue weighted by molar-refractivity contribution is 6.35. The van der Waals surface area contributed by atoms with Gasteiger partial charge in [0, 0.05) is 91.5 Å². The Hall–Kier alpha value is -6.78. The lowest BCUT2D eigenvalue weighted by Gasteiger charge is -2.35. The highest BCUT2D eigenvalue weighted by atomic mass is 35.5. The van der Waals surface area contributed by atoms with Gasteiger partial charge in [-0.05, 0) is 92.9 Å². The molecule has 3 N–H and O–H groups in total. The molecule has 15 nitrogen and oxygen atoms in total. The Kier molecular flexibility index (Phi) is 13.9. The number of ether oxygens (including phenoxy) is 2. The first-order chi connectivity index (χ1) is 32.2. The van der Waals surface area contributed by atoms with Crippen molar-refractivity contribution in [2.75, 3.05) is 45.9 Å². The first-order valence-corrected chi connectivity index (χ1v) is 22.9. The standard InChI is InChI=1S/C50H53ClFN7O8/c1-5-33-37(48(62)53-39-18-19-42(60)54-49(39)63)10-7-13-40(33)67-28-43(61)58-23-20-57(21-24-58)22-25-59-46-36(16-17-38(51)45(46)44-29(2)55-56(4)30(44)3)35(47(59)50(64)65)11-8-26-66-41-12-6-9-31-27-32(52)14-15-34(31)41/h6-7,9-10,12-17,27,39H,5,8,11,18-26,28H2,1-4H3,(H,53,62)(H,64,65)(H,54,60,63). The van der Waals surface area contributed by atoms with E-state index in [2.05, 4.69) is 20.6 Å². The van der Waals surface area contributed by atoms with E-state index in [4.69, 9.17) is 21.1 Å². The second-order valence-corrected chi connectivity index (χ2v) is 17.4. The zero-order chi connectivity index (χ0) is 47.5. The van der Waals surface area contributed by atoms with Crippen LogP contribution in [0.2, 0.25) is 5.02 Å². The number of aromatic carboxylic acids is 1. The summed E-state index contributed by atoms with van der Waals surface area (Å²) in [5, 5.41) is 23.3. The predicted octanol–water partition coefficient (Wildman–Crippen LogP) is 6.63. The third kappa shape index (κ3) is 9.72. The van der Waals surface area contributed by atoms with Crippen LogP contribution in [0, 0.1) is 19.7 Å². The Labute approximate surface area is 391 Å². The smallest absolute Gasteiger partial charge is 0.352 e. The molecule has 1 unspecified atom stereocenters. The second kappa shape index (κ2) is 20.0. The summed E-state index contributed by atoms with van der Waals surface area (Å²) in [6, 6.07) is 17.9. The number of piperazine rings is 1. The molecule has 2 aliphatic heterocycles. The van der Waals surface area contributed by atoms with Gasteiger partial charge in [0.05, 0.1) is 22.8 Å². The number of nitrogens with one attached hydrogen (secondary N) is 2. The summed E-state index contributed by atoms with van der Waals surface area (Å²) < 4.78 is 29.8. The molecule has 4 heterocycles. The third-order valence-electron chi connectivity index (χ3n) is 12.9. The molecule has 0 bridgehead atoms. The molecule has 2 saturated heterocycles. The fourth-order valence-electron chi connectivity index (χ4n) is 9.41. The van der Waals surface area contributed by atoms with Crippen molar-refractivity contribution >= 4 is 62.9 Å². The highest BCUT2D eigenvalue weighted by Gasteiger charge is 2.31. The number of hydrogen-bond donors (Lipinski definition) is 3. The van der Waals surface area contributed by atoms with E-state index in [1.165, 1.54) is 12.1 Å². The number of hydrogen-bond acceptors (Lipinski definition) is 9. The molecule has 0 radical (unpaired) electrons. The van der Waals surface area contributed by atoms with E-state index in [0.29, 0.717) is 104 Å². The van der Waals surface area contributed by atoms with Crippen LogP contribution in [0.4, 0.5) is 4.39 Å². The van der Waals surface area contributed by atoms with Crippen LogP contribution in [-0.4, -0.2) is 111 Å². The lowest BCUT2D eigenvalue weighted by Crippen LogP contribution is -2.52. The van der Waals surface area contributed by atoms with Gasteiger partial charge in [-0.1, -0.05) is 42.8 Å². The molecule has 17 heteroatoms. The monoisotopic (exact) mass is 933 g/mol. The molecule has 2 aliphatic rings. The van der Waals surface area contributed by atoms with Gasteiger partial charge >= 0.3 is 5.97 Å². The van der Waals surface area contributed by atoms with Crippen molar-refractivity contribution in [3.05, 3.63) is 111 Å². The molecule has 4 amide bonds. The number of aromatic nitrogens is 3. The SMILES string of the molecule is CCc1c(OCC(=O)N2CCN(CCn3c(C(=O)O)c(CCCOc4cccc5cc(F)ccc45)c4ccc(Cl)c(-c5c(C)nn(C)c5C)c43)CC2)cccc1C(=O)NC1CCC(=O)NC1=O. The molecule has 6 aromatic rings.